The topological polar surface area (TPSA) is 74.8 Å². The Bertz CT molecular complexity index is 1050. The lowest BCUT2D eigenvalue weighted by Crippen LogP contribution is -2.59. The molecule has 1 N–H and O–H groups in total. The number of carbonyl (C=O) groups is 2. The molecule has 1 aromatic heterocycles. The maximum Gasteiger partial charge on any atom is 0.257 e. The van der Waals surface area contributed by atoms with Gasteiger partial charge in [0.15, 0.2) is 6.61 Å². The number of hydrogen-bond acceptors (Lipinski definition) is 5. The molecule has 3 aromatic rings. The van der Waals surface area contributed by atoms with Gasteiger partial charge in [-0.2, -0.15) is 0 Å². The van der Waals surface area contributed by atoms with Crippen LogP contribution in [-0.4, -0.2) is 59.4 Å². The smallest absolute Gasteiger partial charge is 0.257 e. The van der Waals surface area contributed by atoms with Crippen LogP contribution in [0.15, 0.2) is 85.2 Å². The normalized spacial score (nSPS) is 18.7. The van der Waals surface area contributed by atoms with Crippen LogP contribution in [0.4, 0.5) is 0 Å². The van der Waals surface area contributed by atoms with Crippen LogP contribution < -0.4 is 10.1 Å². The number of carbonyl (C=O) groups excluding carboxylic acids is 2. The molecule has 1 aliphatic heterocycles. The van der Waals surface area contributed by atoms with E-state index in [4.69, 9.17) is 4.74 Å². The van der Waals surface area contributed by atoms with Crippen molar-refractivity contribution in [2.75, 3.05) is 26.7 Å². The average molecular weight is 445 g/mol. The first-order chi connectivity index (χ1) is 16.1. The summed E-state index contributed by atoms with van der Waals surface area (Å²) >= 11 is 0. The van der Waals surface area contributed by atoms with Crippen LogP contribution in [0.3, 0.4) is 0 Å². The van der Waals surface area contributed by atoms with Crippen LogP contribution in [0, 0.1) is 0 Å². The van der Waals surface area contributed by atoms with Crippen molar-refractivity contribution in [2.24, 2.45) is 0 Å². The van der Waals surface area contributed by atoms with E-state index < -0.39 is 6.04 Å². The van der Waals surface area contributed by atoms with E-state index in [9.17, 15) is 9.59 Å². The zero-order valence-corrected chi connectivity index (χ0v) is 18.6. The second-order valence-electron chi connectivity index (χ2n) is 8.13. The highest BCUT2D eigenvalue weighted by Crippen LogP contribution is 2.31. The maximum absolute atomic E-state index is 13.2. The van der Waals surface area contributed by atoms with Gasteiger partial charge in [-0.05, 0) is 29.3 Å². The van der Waals surface area contributed by atoms with E-state index in [1.165, 1.54) is 0 Å². The maximum atomic E-state index is 13.2. The standard InChI is InChI=1S/C26H28N4O3/c1-29-18-22(16-28-24(31)19-33-23-12-6-3-7-13-23)30(17-20-9-8-14-27-15-20)25(26(29)32)21-10-4-2-5-11-21/h2-15,22,25H,16-19H2,1H3,(H,28,31)/t22-,25+/m1/s1. The Balaban J connectivity index is 1.50. The first-order valence-electron chi connectivity index (χ1n) is 11.0. The molecule has 2 aromatic carbocycles. The number of benzene rings is 2. The third kappa shape index (κ3) is 5.75. The largest absolute Gasteiger partial charge is 0.484 e. The van der Waals surface area contributed by atoms with Gasteiger partial charge in [0.25, 0.3) is 5.91 Å². The molecule has 1 fully saturated rings. The van der Waals surface area contributed by atoms with E-state index >= 15 is 0 Å². The third-order valence-corrected chi connectivity index (χ3v) is 5.75. The van der Waals surface area contributed by atoms with Gasteiger partial charge >= 0.3 is 0 Å². The van der Waals surface area contributed by atoms with E-state index in [2.05, 4.69) is 15.2 Å². The van der Waals surface area contributed by atoms with E-state index in [1.807, 2.05) is 86.0 Å². The molecule has 0 radical (unpaired) electrons. The number of rotatable bonds is 8. The van der Waals surface area contributed by atoms with Crippen LogP contribution >= 0.6 is 0 Å². The Kier molecular flexibility index (Phi) is 7.32. The fourth-order valence-electron chi connectivity index (χ4n) is 4.09. The molecule has 2 heterocycles. The lowest BCUT2D eigenvalue weighted by Gasteiger charge is -2.45. The monoisotopic (exact) mass is 444 g/mol. The Morgan fingerprint density at radius 3 is 2.48 bits per heavy atom. The lowest BCUT2D eigenvalue weighted by atomic mass is 9.97. The van der Waals surface area contributed by atoms with Crippen molar-refractivity contribution in [1.29, 1.82) is 0 Å². The van der Waals surface area contributed by atoms with Crippen LogP contribution in [0.25, 0.3) is 0 Å². The van der Waals surface area contributed by atoms with E-state index in [0.29, 0.717) is 25.4 Å². The quantitative estimate of drug-likeness (QED) is 0.578. The highest BCUT2D eigenvalue weighted by atomic mass is 16.5. The van der Waals surface area contributed by atoms with E-state index in [1.54, 1.807) is 11.1 Å². The fraction of sp³-hybridized carbons (Fsp3) is 0.269. The number of pyridine rings is 1. The summed E-state index contributed by atoms with van der Waals surface area (Å²) in [7, 11) is 1.81. The molecule has 0 unspecified atom stereocenters. The fourth-order valence-corrected chi connectivity index (χ4v) is 4.09. The summed E-state index contributed by atoms with van der Waals surface area (Å²) < 4.78 is 5.56. The number of piperazine rings is 1. The summed E-state index contributed by atoms with van der Waals surface area (Å²) in [5.74, 6) is 0.495. The Hall–Kier alpha value is -3.71. The van der Waals surface area contributed by atoms with Crippen molar-refractivity contribution >= 4 is 11.8 Å². The molecule has 1 saturated heterocycles. The summed E-state index contributed by atoms with van der Waals surface area (Å²) in [5.41, 5.74) is 1.95. The van der Waals surface area contributed by atoms with Gasteiger partial charge in [0.1, 0.15) is 11.8 Å². The second kappa shape index (κ2) is 10.7. The number of nitrogens with one attached hydrogen (secondary N) is 1. The molecule has 0 saturated carbocycles. The molecule has 7 heteroatoms. The van der Waals surface area contributed by atoms with Gasteiger partial charge in [0.05, 0.1) is 0 Å². The van der Waals surface area contributed by atoms with Crippen LogP contribution in [0.1, 0.15) is 17.2 Å². The Morgan fingerprint density at radius 1 is 1.06 bits per heavy atom. The summed E-state index contributed by atoms with van der Waals surface area (Å²) in [6.45, 7) is 1.41. The van der Waals surface area contributed by atoms with Crippen LogP contribution in [0.2, 0.25) is 0 Å². The first-order valence-corrected chi connectivity index (χ1v) is 11.0. The minimum atomic E-state index is -0.437. The SMILES string of the molecule is CN1C[C@@H](CNC(=O)COc2ccccc2)N(Cc2cccnc2)[C@@H](c2ccccc2)C1=O. The molecule has 2 amide bonds. The average Bonchev–Trinajstić information content (AvgIpc) is 2.86. The number of aromatic nitrogens is 1. The number of hydrogen-bond donors (Lipinski definition) is 1. The summed E-state index contributed by atoms with van der Waals surface area (Å²) in [5, 5.41) is 2.99. The number of ether oxygens (including phenoxy) is 1. The van der Waals surface area contributed by atoms with Gasteiger partial charge in [-0.1, -0.05) is 54.6 Å². The zero-order chi connectivity index (χ0) is 23.0. The van der Waals surface area contributed by atoms with E-state index in [0.717, 1.165) is 11.1 Å². The predicted octanol–water partition coefficient (Wildman–Crippen LogP) is 2.66. The van der Waals surface area contributed by atoms with Gasteiger partial charge in [0.2, 0.25) is 5.91 Å². The van der Waals surface area contributed by atoms with Gasteiger partial charge in [-0.25, -0.2) is 0 Å². The Labute approximate surface area is 194 Å². The molecule has 33 heavy (non-hydrogen) atoms. The molecule has 170 valence electrons. The minimum absolute atomic E-state index is 0.0417. The molecule has 1 aliphatic rings. The second-order valence-corrected chi connectivity index (χ2v) is 8.13. The van der Waals surface area contributed by atoms with Crippen molar-refractivity contribution in [2.45, 2.75) is 18.6 Å². The number of amides is 2. The summed E-state index contributed by atoms with van der Waals surface area (Å²) in [6.07, 6.45) is 3.55. The van der Waals surface area contributed by atoms with Crippen LogP contribution in [-0.2, 0) is 16.1 Å². The highest BCUT2D eigenvalue weighted by molar-refractivity contribution is 5.84. The van der Waals surface area contributed by atoms with E-state index in [-0.39, 0.29) is 24.5 Å². The van der Waals surface area contributed by atoms with Crippen molar-refractivity contribution in [1.82, 2.24) is 20.1 Å². The van der Waals surface area contributed by atoms with Crippen molar-refractivity contribution in [3.05, 3.63) is 96.3 Å². The van der Waals surface area contributed by atoms with Crippen molar-refractivity contribution < 1.29 is 14.3 Å². The zero-order valence-electron chi connectivity index (χ0n) is 18.6. The Morgan fingerprint density at radius 2 is 1.79 bits per heavy atom. The molecular formula is C26H28N4O3. The minimum Gasteiger partial charge on any atom is -0.484 e. The van der Waals surface area contributed by atoms with Gasteiger partial charge < -0.3 is 15.0 Å². The first kappa shape index (κ1) is 22.5. The molecule has 0 bridgehead atoms. The third-order valence-electron chi connectivity index (χ3n) is 5.75. The lowest BCUT2D eigenvalue weighted by molar-refractivity contribution is -0.144. The van der Waals surface area contributed by atoms with Crippen molar-refractivity contribution in [3.8, 4) is 5.75 Å². The van der Waals surface area contributed by atoms with Gasteiger partial charge in [-0.3, -0.25) is 19.5 Å². The number of nitrogens with zero attached hydrogens (tertiary/aromatic N) is 3. The summed E-state index contributed by atoms with van der Waals surface area (Å²) in [6, 6.07) is 22.4. The van der Waals surface area contributed by atoms with Crippen LogP contribution in [0.5, 0.6) is 5.75 Å². The molecule has 4 rings (SSSR count). The van der Waals surface area contributed by atoms with Gasteiger partial charge in [0, 0.05) is 45.1 Å². The van der Waals surface area contributed by atoms with Crippen molar-refractivity contribution in [3.63, 3.8) is 0 Å². The number of para-hydroxylation sites is 1. The molecule has 0 spiro atoms. The molecule has 7 nitrogen and oxygen atoms in total. The number of likely N-dealkylation sites (N-methyl/N-ethyl adjacent to an activating group) is 1. The molecule has 0 aliphatic carbocycles. The predicted molar refractivity (Wildman–Crippen MR) is 125 cm³/mol. The molecular weight excluding hydrogens is 416 g/mol. The highest BCUT2D eigenvalue weighted by Gasteiger charge is 2.40. The summed E-state index contributed by atoms with van der Waals surface area (Å²) in [4.78, 5) is 33.8. The van der Waals surface area contributed by atoms with Gasteiger partial charge in [-0.15, -0.1) is 0 Å². The molecule has 2 atom stereocenters.